The zero-order valence-electron chi connectivity index (χ0n) is 11.5. The number of nitrogens with one attached hydrogen (secondary N) is 1. The highest BCUT2D eigenvalue weighted by Crippen LogP contribution is 2.32. The summed E-state index contributed by atoms with van der Waals surface area (Å²) < 4.78 is 27.8. The summed E-state index contributed by atoms with van der Waals surface area (Å²) in [6, 6.07) is 1.42. The van der Waals surface area contributed by atoms with Gasteiger partial charge in [-0.3, -0.25) is 0 Å². The van der Waals surface area contributed by atoms with Crippen molar-refractivity contribution in [2.75, 3.05) is 18.6 Å². The molecule has 1 unspecified atom stereocenters. The smallest absolute Gasteiger partial charge is 0.247 e. The van der Waals surface area contributed by atoms with Crippen molar-refractivity contribution in [1.29, 1.82) is 0 Å². The predicted molar refractivity (Wildman–Crippen MR) is 83.0 cm³/mol. The van der Waals surface area contributed by atoms with Crippen molar-refractivity contribution in [3.05, 3.63) is 16.7 Å². The minimum absolute atomic E-state index is 0.0651. The van der Waals surface area contributed by atoms with Gasteiger partial charge in [-0.2, -0.15) is 4.31 Å². The molecule has 0 aromatic carbocycles. The molecule has 118 valence electrons. The molecule has 2 rings (SSSR count). The molecule has 0 radical (unpaired) electrons. The van der Waals surface area contributed by atoms with E-state index >= 15 is 0 Å². The third-order valence-electron chi connectivity index (χ3n) is 3.56. The number of nitrogens with zero attached hydrogens (tertiary/aromatic N) is 2. The molecule has 4 N–H and O–H groups in total. The Morgan fingerprint density at radius 2 is 2.33 bits per heavy atom. The lowest BCUT2D eigenvalue weighted by Crippen LogP contribution is -2.36. The molecule has 0 aliphatic carbocycles. The predicted octanol–water partition coefficient (Wildman–Crippen LogP) is 1.06. The average molecular weight is 379 g/mol. The van der Waals surface area contributed by atoms with E-state index in [4.69, 9.17) is 10.9 Å². The molecule has 1 fully saturated rings. The first kappa shape index (κ1) is 16.6. The second-order valence-electron chi connectivity index (χ2n) is 4.92. The van der Waals surface area contributed by atoms with E-state index in [1.54, 1.807) is 0 Å². The zero-order chi connectivity index (χ0) is 15.5. The normalized spacial score (nSPS) is 19.9. The molecule has 1 atom stereocenters. The second kappa shape index (κ2) is 7.01. The first-order valence-corrected chi connectivity index (χ1v) is 8.99. The highest BCUT2D eigenvalue weighted by atomic mass is 79.9. The van der Waals surface area contributed by atoms with Gasteiger partial charge in [-0.1, -0.05) is 0 Å². The number of rotatable bonds is 6. The molecule has 0 saturated carbocycles. The van der Waals surface area contributed by atoms with Gasteiger partial charge in [-0.05, 0) is 47.7 Å². The number of halogens is 1. The molecule has 2 heterocycles. The third-order valence-corrected chi connectivity index (χ3v) is 5.96. The lowest BCUT2D eigenvalue weighted by molar-refractivity contribution is 0.264. The van der Waals surface area contributed by atoms with Crippen LogP contribution in [0, 0.1) is 0 Å². The van der Waals surface area contributed by atoms with Gasteiger partial charge >= 0.3 is 0 Å². The lowest BCUT2D eigenvalue weighted by Gasteiger charge is -2.24. The van der Waals surface area contributed by atoms with Crippen LogP contribution in [0.4, 0.5) is 5.82 Å². The quantitative estimate of drug-likeness (QED) is 0.504. The average Bonchev–Trinajstić information content (AvgIpc) is 2.94. The van der Waals surface area contributed by atoms with Crippen LogP contribution in [0.1, 0.15) is 25.7 Å². The minimum atomic E-state index is -3.67. The van der Waals surface area contributed by atoms with Gasteiger partial charge < -0.3 is 10.5 Å². The largest absolute Gasteiger partial charge is 0.396 e. The minimum Gasteiger partial charge on any atom is -0.396 e. The number of anilines is 1. The maximum Gasteiger partial charge on any atom is 0.247 e. The Bertz CT molecular complexity index is 596. The second-order valence-corrected chi connectivity index (χ2v) is 7.70. The summed E-state index contributed by atoms with van der Waals surface area (Å²) in [6.45, 7) is 0.549. The maximum atomic E-state index is 12.8. The van der Waals surface area contributed by atoms with E-state index in [9.17, 15) is 8.42 Å². The first-order chi connectivity index (χ1) is 10.0. The van der Waals surface area contributed by atoms with Crippen LogP contribution in [0.5, 0.6) is 0 Å². The molecular weight excluding hydrogens is 360 g/mol. The standard InChI is InChI=1S/C12H19BrN4O3S/c13-9-7-11(12(16-14)15-8-9)21(19,20)17-5-1-3-10(17)4-2-6-18/h7-8,10,18H,1-6,14H2,(H,15,16). The fourth-order valence-corrected chi connectivity index (χ4v) is 4.93. The highest BCUT2D eigenvalue weighted by Gasteiger charge is 2.36. The van der Waals surface area contributed by atoms with Gasteiger partial charge in [0.05, 0.1) is 0 Å². The number of hydrazine groups is 1. The summed E-state index contributed by atoms with van der Waals surface area (Å²) in [5, 5.41) is 8.94. The van der Waals surface area contributed by atoms with Crippen molar-refractivity contribution in [1.82, 2.24) is 9.29 Å². The summed E-state index contributed by atoms with van der Waals surface area (Å²) in [7, 11) is -3.67. The molecule has 1 saturated heterocycles. The number of nitrogens with two attached hydrogens (primary N) is 1. The van der Waals surface area contributed by atoms with Crippen molar-refractivity contribution in [2.24, 2.45) is 5.84 Å². The molecule has 0 amide bonds. The fraction of sp³-hybridized carbons (Fsp3) is 0.583. The van der Waals surface area contributed by atoms with Gasteiger partial charge in [-0.25, -0.2) is 19.2 Å². The van der Waals surface area contributed by atoms with E-state index in [1.807, 2.05) is 0 Å². The summed E-state index contributed by atoms with van der Waals surface area (Å²) in [5.74, 6) is 5.50. The SMILES string of the molecule is NNc1ncc(Br)cc1S(=O)(=O)N1CCCC1CCCO. The zero-order valence-corrected chi connectivity index (χ0v) is 13.9. The molecule has 21 heavy (non-hydrogen) atoms. The van der Waals surface area contributed by atoms with Crippen molar-refractivity contribution in [3.8, 4) is 0 Å². The van der Waals surface area contributed by atoms with Gasteiger partial charge in [-0.15, -0.1) is 0 Å². The molecule has 1 aliphatic rings. The number of hydrogen-bond donors (Lipinski definition) is 3. The number of aliphatic hydroxyl groups excluding tert-OH is 1. The molecular formula is C12H19BrN4O3S. The van der Waals surface area contributed by atoms with Crippen LogP contribution in [-0.4, -0.2) is 42.0 Å². The van der Waals surface area contributed by atoms with E-state index in [1.165, 1.54) is 16.6 Å². The van der Waals surface area contributed by atoms with Crippen LogP contribution in [0.25, 0.3) is 0 Å². The van der Waals surface area contributed by atoms with Crippen LogP contribution in [0.3, 0.4) is 0 Å². The Morgan fingerprint density at radius 3 is 3.00 bits per heavy atom. The molecule has 9 heteroatoms. The van der Waals surface area contributed by atoms with Gasteiger partial charge in [0.1, 0.15) is 4.90 Å². The van der Waals surface area contributed by atoms with Crippen LogP contribution >= 0.6 is 15.9 Å². The number of pyridine rings is 1. The van der Waals surface area contributed by atoms with Crippen molar-refractivity contribution in [2.45, 2.75) is 36.6 Å². The Morgan fingerprint density at radius 1 is 1.57 bits per heavy atom. The van der Waals surface area contributed by atoms with Gasteiger partial charge in [0.25, 0.3) is 0 Å². The highest BCUT2D eigenvalue weighted by molar-refractivity contribution is 9.10. The Labute approximate surface area is 132 Å². The first-order valence-electron chi connectivity index (χ1n) is 6.75. The van der Waals surface area contributed by atoms with Gasteiger partial charge in [0.15, 0.2) is 5.82 Å². The Hall–Kier alpha value is -0.740. The van der Waals surface area contributed by atoms with E-state index in [2.05, 4.69) is 26.3 Å². The Balaban J connectivity index is 2.35. The van der Waals surface area contributed by atoms with E-state index < -0.39 is 10.0 Å². The van der Waals surface area contributed by atoms with E-state index in [0.717, 1.165) is 12.8 Å². The Kier molecular flexibility index (Phi) is 5.55. The maximum absolute atomic E-state index is 12.8. The van der Waals surface area contributed by atoms with Gasteiger partial charge in [0, 0.05) is 29.9 Å². The molecule has 1 aromatic heterocycles. The molecule has 1 aliphatic heterocycles. The molecule has 0 bridgehead atoms. The third kappa shape index (κ3) is 3.54. The number of aromatic nitrogens is 1. The van der Waals surface area contributed by atoms with Crippen LogP contribution in [-0.2, 0) is 10.0 Å². The van der Waals surface area contributed by atoms with Crippen LogP contribution < -0.4 is 11.3 Å². The van der Waals surface area contributed by atoms with Crippen molar-refractivity contribution >= 4 is 31.8 Å². The lowest BCUT2D eigenvalue weighted by atomic mass is 10.1. The molecule has 0 spiro atoms. The van der Waals surface area contributed by atoms with Gasteiger partial charge in [0.2, 0.25) is 10.0 Å². The van der Waals surface area contributed by atoms with Crippen LogP contribution in [0.2, 0.25) is 0 Å². The number of aliphatic hydroxyl groups is 1. The molecule has 1 aromatic rings. The number of sulfonamides is 1. The summed E-state index contributed by atoms with van der Waals surface area (Å²) in [4.78, 5) is 4.06. The topological polar surface area (TPSA) is 109 Å². The summed E-state index contributed by atoms with van der Waals surface area (Å²) >= 11 is 3.24. The van der Waals surface area contributed by atoms with E-state index in [-0.39, 0.29) is 23.4 Å². The van der Waals surface area contributed by atoms with E-state index in [0.29, 0.717) is 23.9 Å². The number of hydrogen-bond acceptors (Lipinski definition) is 6. The number of nitrogen functional groups attached to an aromatic ring is 1. The molecule has 7 nitrogen and oxygen atoms in total. The fourth-order valence-electron chi connectivity index (χ4n) is 2.59. The monoisotopic (exact) mass is 378 g/mol. The van der Waals surface area contributed by atoms with Crippen molar-refractivity contribution < 1.29 is 13.5 Å². The van der Waals surface area contributed by atoms with Crippen molar-refractivity contribution in [3.63, 3.8) is 0 Å². The summed E-state index contributed by atoms with van der Waals surface area (Å²) in [6.07, 6.45) is 4.37. The van der Waals surface area contributed by atoms with Crippen LogP contribution in [0.15, 0.2) is 21.6 Å². The summed E-state index contributed by atoms with van der Waals surface area (Å²) in [5.41, 5.74) is 2.33.